The molecule has 1 saturated heterocycles. The van der Waals surface area contributed by atoms with Gasteiger partial charge < -0.3 is 10.5 Å². The zero-order valence-electron chi connectivity index (χ0n) is 12.4. The van der Waals surface area contributed by atoms with Crippen LogP contribution in [0.4, 0.5) is 5.69 Å². The minimum Gasteiger partial charge on any atom is -0.399 e. The number of nitrogen functional groups attached to an aromatic ring is 1. The van der Waals surface area contributed by atoms with Crippen molar-refractivity contribution in [2.24, 2.45) is 0 Å². The second-order valence-corrected chi connectivity index (χ2v) is 8.50. The summed E-state index contributed by atoms with van der Waals surface area (Å²) in [5.41, 5.74) is 6.33. The highest BCUT2D eigenvalue weighted by molar-refractivity contribution is 8.00. The van der Waals surface area contributed by atoms with Crippen molar-refractivity contribution in [1.29, 1.82) is 0 Å². The van der Waals surface area contributed by atoms with Crippen LogP contribution >= 0.6 is 11.8 Å². The molecule has 0 amide bonds. The highest BCUT2D eigenvalue weighted by Crippen LogP contribution is 2.23. The Morgan fingerprint density at radius 1 is 1.38 bits per heavy atom. The van der Waals surface area contributed by atoms with Crippen molar-refractivity contribution < 1.29 is 13.2 Å². The lowest BCUT2D eigenvalue weighted by atomic mass is 10.2. The van der Waals surface area contributed by atoms with E-state index in [4.69, 9.17) is 10.5 Å². The molecule has 2 unspecified atom stereocenters. The maximum absolute atomic E-state index is 12.3. The van der Waals surface area contributed by atoms with E-state index in [1.54, 1.807) is 7.05 Å². The third-order valence-corrected chi connectivity index (χ3v) is 6.87. The fourth-order valence-electron chi connectivity index (χ4n) is 2.38. The van der Waals surface area contributed by atoms with Gasteiger partial charge in [-0.3, -0.25) is 0 Å². The third-order valence-electron chi connectivity index (χ3n) is 3.73. The number of hydrogen-bond acceptors (Lipinski definition) is 5. The number of thioether (sulfide) groups is 1. The molecule has 1 heterocycles. The van der Waals surface area contributed by atoms with E-state index in [0.29, 0.717) is 18.0 Å². The molecule has 2 rings (SSSR count). The molecular formula is C14H22N2O3S2. The van der Waals surface area contributed by atoms with E-state index in [0.717, 1.165) is 11.3 Å². The molecule has 118 valence electrons. The largest absolute Gasteiger partial charge is 0.399 e. The van der Waals surface area contributed by atoms with Crippen molar-refractivity contribution in [3.8, 4) is 0 Å². The van der Waals surface area contributed by atoms with E-state index in [1.165, 1.54) is 16.1 Å². The van der Waals surface area contributed by atoms with Crippen molar-refractivity contribution in [2.45, 2.75) is 30.4 Å². The Morgan fingerprint density at radius 2 is 2.05 bits per heavy atom. The molecule has 1 aromatic carbocycles. The van der Waals surface area contributed by atoms with Crippen LogP contribution in [0.1, 0.15) is 13.3 Å². The van der Waals surface area contributed by atoms with Gasteiger partial charge in [-0.2, -0.15) is 4.31 Å². The summed E-state index contributed by atoms with van der Waals surface area (Å²) in [6, 6.07) is 7.41. The molecule has 1 aliphatic rings. The average molecular weight is 330 g/mol. The Morgan fingerprint density at radius 3 is 2.62 bits per heavy atom. The SMILES string of the molecule is CC1OCCC1N(C)S(=O)(=O)CCSc1ccc(N)cc1. The van der Waals surface area contributed by atoms with E-state index in [-0.39, 0.29) is 17.9 Å². The van der Waals surface area contributed by atoms with Gasteiger partial charge in [-0.15, -0.1) is 11.8 Å². The summed E-state index contributed by atoms with van der Waals surface area (Å²) in [7, 11) is -1.60. The number of likely N-dealkylation sites (N-methyl/N-ethyl adjacent to an activating group) is 1. The van der Waals surface area contributed by atoms with Gasteiger partial charge in [0.1, 0.15) is 0 Å². The molecule has 21 heavy (non-hydrogen) atoms. The minimum atomic E-state index is -3.25. The summed E-state index contributed by atoms with van der Waals surface area (Å²) in [6.07, 6.45) is 0.733. The van der Waals surface area contributed by atoms with Gasteiger partial charge in [-0.25, -0.2) is 8.42 Å². The Hall–Kier alpha value is -0.760. The average Bonchev–Trinajstić information content (AvgIpc) is 2.86. The molecule has 1 fully saturated rings. The van der Waals surface area contributed by atoms with E-state index in [1.807, 2.05) is 31.2 Å². The molecule has 7 heteroatoms. The first-order valence-electron chi connectivity index (χ1n) is 6.96. The van der Waals surface area contributed by atoms with Gasteiger partial charge in [-0.1, -0.05) is 0 Å². The fourth-order valence-corrected chi connectivity index (χ4v) is 5.09. The van der Waals surface area contributed by atoms with Gasteiger partial charge >= 0.3 is 0 Å². The Balaban J connectivity index is 1.87. The molecule has 2 atom stereocenters. The smallest absolute Gasteiger partial charge is 0.215 e. The zero-order chi connectivity index (χ0) is 15.5. The third kappa shape index (κ3) is 4.35. The summed E-state index contributed by atoms with van der Waals surface area (Å²) in [4.78, 5) is 1.03. The minimum absolute atomic E-state index is 0.0328. The molecule has 0 saturated carbocycles. The topological polar surface area (TPSA) is 72.6 Å². The number of anilines is 1. The van der Waals surface area contributed by atoms with Crippen molar-refractivity contribution in [3.05, 3.63) is 24.3 Å². The summed E-state index contributed by atoms with van der Waals surface area (Å²) < 4.78 is 31.6. The molecule has 5 nitrogen and oxygen atoms in total. The molecule has 0 bridgehead atoms. The fraction of sp³-hybridized carbons (Fsp3) is 0.571. The van der Waals surface area contributed by atoms with Gasteiger partial charge in [-0.05, 0) is 37.6 Å². The molecule has 0 radical (unpaired) electrons. The summed E-state index contributed by atoms with van der Waals surface area (Å²) in [5.74, 6) is 0.653. The van der Waals surface area contributed by atoms with E-state index in [9.17, 15) is 8.42 Å². The highest BCUT2D eigenvalue weighted by atomic mass is 32.2. The predicted octanol–water partition coefficient (Wildman–Crippen LogP) is 1.80. The summed E-state index contributed by atoms with van der Waals surface area (Å²) in [6.45, 7) is 2.55. The van der Waals surface area contributed by atoms with Crippen LogP contribution in [-0.2, 0) is 14.8 Å². The molecule has 0 spiro atoms. The number of ether oxygens (including phenoxy) is 1. The quantitative estimate of drug-likeness (QED) is 0.636. The first-order valence-corrected chi connectivity index (χ1v) is 9.55. The van der Waals surface area contributed by atoms with Crippen molar-refractivity contribution in [2.75, 3.05) is 30.9 Å². The van der Waals surface area contributed by atoms with Crippen molar-refractivity contribution in [3.63, 3.8) is 0 Å². The lowest BCUT2D eigenvalue weighted by molar-refractivity contribution is 0.102. The normalized spacial score (nSPS) is 22.8. The second kappa shape index (κ2) is 7.00. The number of hydrogen-bond donors (Lipinski definition) is 1. The lowest BCUT2D eigenvalue weighted by Gasteiger charge is -2.25. The van der Waals surface area contributed by atoms with Crippen LogP contribution in [0.15, 0.2) is 29.2 Å². The van der Waals surface area contributed by atoms with Crippen molar-refractivity contribution in [1.82, 2.24) is 4.31 Å². The predicted molar refractivity (Wildman–Crippen MR) is 86.9 cm³/mol. The second-order valence-electron chi connectivity index (χ2n) is 5.18. The highest BCUT2D eigenvalue weighted by Gasteiger charge is 2.34. The number of benzene rings is 1. The number of sulfonamides is 1. The molecule has 0 aromatic heterocycles. The maximum Gasteiger partial charge on any atom is 0.215 e. The Bertz CT molecular complexity index is 560. The van der Waals surface area contributed by atoms with Gasteiger partial charge in [0.25, 0.3) is 0 Å². The van der Waals surface area contributed by atoms with E-state index in [2.05, 4.69) is 0 Å². The van der Waals surface area contributed by atoms with Crippen LogP contribution in [0.3, 0.4) is 0 Å². The molecule has 1 aliphatic heterocycles. The monoisotopic (exact) mass is 330 g/mol. The van der Waals surface area contributed by atoms with Crippen LogP contribution in [0, 0.1) is 0 Å². The number of nitrogens with zero attached hydrogens (tertiary/aromatic N) is 1. The molecule has 0 aliphatic carbocycles. The van der Waals surface area contributed by atoms with Crippen LogP contribution in [0.5, 0.6) is 0 Å². The first-order chi connectivity index (χ1) is 9.90. The summed E-state index contributed by atoms with van der Waals surface area (Å²) >= 11 is 1.52. The van der Waals surface area contributed by atoms with Crippen LogP contribution in [0.25, 0.3) is 0 Å². The summed E-state index contributed by atoms with van der Waals surface area (Å²) in [5, 5.41) is 0. The molecule has 2 N–H and O–H groups in total. The Labute approximate surface area is 130 Å². The van der Waals surface area contributed by atoms with Gasteiger partial charge in [0.15, 0.2) is 0 Å². The van der Waals surface area contributed by atoms with Gasteiger partial charge in [0.2, 0.25) is 10.0 Å². The Kier molecular flexibility index (Phi) is 5.54. The van der Waals surface area contributed by atoms with Crippen LogP contribution in [0.2, 0.25) is 0 Å². The number of nitrogens with two attached hydrogens (primary N) is 1. The van der Waals surface area contributed by atoms with Crippen LogP contribution < -0.4 is 5.73 Å². The first kappa shape index (κ1) is 16.6. The van der Waals surface area contributed by atoms with E-state index >= 15 is 0 Å². The molecule has 1 aromatic rings. The zero-order valence-corrected chi connectivity index (χ0v) is 14.0. The van der Waals surface area contributed by atoms with Gasteiger partial charge in [0.05, 0.1) is 17.9 Å². The molecular weight excluding hydrogens is 308 g/mol. The number of rotatable bonds is 6. The van der Waals surface area contributed by atoms with E-state index < -0.39 is 10.0 Å². The van der Waals surface area contributed by atoms with Gasteiger partial charge in [0, 0.05) is 30.0 Å². The standard InChI is InChI=1S/C14H22N2O3S2/c1-11-14(7-8-19-11)16(2)21(17,18)10-9-20-13-5-3-12(15)4-6-13/h3-6,11,14H,7-10,15H2,1-2H3. The van der Waals surface area contributed by atoms with Crippen molar-refractivity contribution >= 4 is 27.5 Å². The van der Waals surface area contributed by atoms with Crippen LogP contribution in [-0.4, -0.2) is 50.0 Å². The lowest BCUT2D eigenvalue weighted by Crippen LogP contribution is -2.42. The maximum atomic E-state index is 12.3.